The van der Waals surface area contributed by atoms with Gasteiger partial charge in [-0.3, -0.25) is 4.79 Å². The van der Waals surface area contributed by atoms with Gasteiger partial charge in [-0.15, -0.1) is 0 Å². The number of nitrogens with zero attached hydrogens (tertiary/aromatic N) is 1. The number of hydrogen-bond acceptors (Lipinski definition) is 3. The Kier molecular flexibility index (Phi) is 4.42. The van der Waals surface area contributed by atoms with Gasteiger partial charge in [-0.05, 0) is 35.9 Å². The highest BCUT2D eigenvalue weighted by molar-refractivity contribution is 5.96. The van der Waals surface area contributed by atoms with E-state index in [2.05, 4.69) is 5.32 Å². The zero-order valence-electron chi connectivity index (χ0n) is 12.1. The number of anilines is 2. The van der Waals surface area contributed by atoms with Gasteiger partial charge < -0.3 is 16.0 Å². The third kappa shape index (κ3) is 3.51. The first-order chi connectivity index (χ1) is 10.0. The van der Waals surface area contributed by atoms with Gasteiger partial charge in [0.25, 0.3) is 5.91 Å². The topological polar surface area (TPSA) is 58.4 Å². The summed E-state index contributed by atoms with van der Waals surface area (Å²) < 4.78 is 13.2. The molecule has 110 valence electrons. The molecule has 0 atom stereocenters. The number of carbonyl (C=O) groups is 1. The van der Waals surface area contributed by atoms with Crippen molar-refractivity contribution < 1.29 is 9.18 Å². The van der Waals surface area contributed by atoms with Crippen LogP contribution in [0.2, 0.25) is 0 Å². The second kappa shape index (κ2) is 6.26. The zero-order chi connectivity index (χ0) is 15.4. The van der Waals surface area contributed by atoms with E-state index >= 15 is 0 Å². The first-order valence-corrected chi connectivity index (χ1v) is 6.58. The summed E-state index contributed by atoms with van der Waals surface area (Å²) in [7, 11) is 3.44. The Morgan fingerprint density at radius 2 is 2.05 bits per heavy atom. The number of halogens is 1. The van der Waals surface area contributed by atoms with Crippen LogP contribution in [0.3, 0.4) is 0 Å². The van der Waals surface area contributed by atoms with Crippen molar-refractivity contribution in [1.29, 1.82) is 0 Å². The maximum atomic E-state index is 13.2. The molecule has 0 aliphatic carbocycles. The highest BCUT2D eigenvalue weighted by Gasteiger charge is 2.10. The molecule has 3 N–H and O–H groups in total. The van der Waals surface area contributed by atoms with Crippen molar-refractivity contribution in [1.82, 2.24) is 5.32 Å². The quantitative estimate of drug-likeness (QED) is 0.849. The summed E-state index contributed by atoms with van der Waals surface area (Å²) in [5.74, 6) is -0.440. The predicted molar refractivity (Wildman–Crippen MR) is 82.8 cm³/mol. The Labute approximate surface area is 123 Å². The van der Waals surface area contributed by atoms with E-state index < -0.39 is 0 Å². The van der Waals surface area contributed by atoms with Gasteiger partial charge in [-0.2, -0.15) is 0 Å². The normalized spacial score (nSPS) is 10.2. The SMILES string of the molecule is CNC(=O)c1ccc(N(C)Cc2cccc(F)c2)c(N)c1. The van der Waals surface area contributed by atoms with Crippen LogP contribution in [-0.2, 0) is 6.54 Å². The highest BCUT2D eigenvalue weighted by Crippen LogP contribution is 2.25. The molecule has 2 aromatic rings. The lowest BCUT2D eigenvalue weighted by Gasteiger charge is -2.21. The second-order valence-corrected chi connectivity index (χ2v) is 4.84. The van der Waals surface area contributed by atoms with Crippen LogP contribution >= 0.6 is 0 Å². The third-order valence-corrected chi connectivity index (χ3v) is 3.24. The van der Waals surface area contributed by atoms with Crippen LogP contribution in [0.25, 0.3) is 0 Å². The molecular weight excluding hydrogens is 269 g/mol. The van der Waals surface area contributed by atoms with E-state index in [1.54, 1.807) is 31.3 Å². The molecule has 4 nitrogen and oxygen atoms in total. The van der Waals surface area contributed by atoms with Crippen LogP contribution in [0.4, 0.5) is 15.8 Å². The summed E-state index contributed by atoms with van der Waals surface area (Å²) in [6.45, 7) is 0.529. The Morgan fingerprint density at radius 3 is 2.67 bits per heavy atom. The number of benzene rings is 2. The second-order valence-electron chi connectivity index (χ2n) is 4.84. The monoisotopic (exact) mass is 287 g/mol. The lowest BCUT2D eigenvalue weighted by Crippen LogP contribution is -2.20. The van der Waals surface area contributed by atoms with Gasteiger partial charge in [0, 0.05) is 26.2 Å². The number of rotatable bonds is 4. The molecule has 0 fully saturated rings. The van der Waals surface area contributed by atoms with E-state index in [1.807, 2.05) is 18.0 Å². The van der Waals surface area contributed by atoms with E-state index in [4.69, 9.17) is 5.73 Å². The first kappa shape index (κ1) is 14.8. The summed E-state index contributed by atoms with van der Waals surface area (Å²) in [4.78, 5) is 13.5. The summed E-state index contributed by atoms with van der Waals surface area (Å²) in [6.07, 6.45) is 0. The van der Waals surface area contributed by atoms with Crippen molar-refractivity contribution in [2.45, 2.75) is 6.54 Å². The lowest BCUT2D eigenvalue weighted by atomic mass is 10.1. The minimum absolute atomic E-state index is 0.180. The summed E-state index contributed by atoms with van der Waals surface area (Å²) in [6, 6.07) is 11.6. The largest absolute Gasteiger partial charge is 0.397 e. The van der Waals surface area contributed by atoms with Gasteiger partial charge in [0.05, 0.1) is 11.4 Å². The maximum Gasteiger partial charge on any atom is 0.251 e. The van der Waals surface area contributed by atoms with Crippen molar-refractivity contribution in [2.75, 3.05) is 24.7 Å². The van der Waals surface area contributed by atoms with Crippen LogP contribution < -0.4 is 16.0 Å². The molecule has 0 aromatic heterocycles. The number of nitrogens with one attached hydrogen (secondary N) is 1. The van der Waals surface area contributed by atoms with Gasteiger partial charge in [0.1, 0.15) is 5.82 Å². The molecule has 2 aromatic carbocycles. The van der Waals surface area contributed by atoms with Crippen LogP contribution in [0.5, 0.6) is 0 Å². The third-order valence-electron chi connectivity index (χ3n) is 3.24. The summed E-state index contributed by atoms with van der Waals surface area (Å²) in [5.41, 5.74) is 8.68. The van der Waals surface area contributed by atoms with Crippen LogP contribution in [-0.4, -0.2) is 20.0 Å². The molecule has 0 aliphatic heterocycles. The molecule has 0 saturated heterocycles. The Bertz CT molecular complexity index is 658. The fourth-order valence-electron chi connectivity index (χ4n) is 2.18. The van der Waals surface area contributed by atoms with Crippen molar-refractivity contribution in [3.63, 3.8) is 0 Å². The molecule has 0 unspecified atom stereocenters. The minimum atomic E-state index is -0.260. The smallest absolute Gasteiger partial charge is 0.251 e. The summed E-state index contributed by atoms with van der Waals surface area (Å²) in [5, 5.41) is 2.55. The number of carbonyl (C=O) groups excluding carboxylic acids is 1. The number of nitrogen functional groups attached to an aromatic ring is 1. The molecule has 5 heteroatoms. The summed E-state index contributed by atoms with van der Waals surface area (Å²) >= 11 is 0. The number of hydrogen-bond donors (Lipinski definition) is 2. The Balaban J connectivity index is 2.19. The van der Waals surface area contributed by atoms with Crippen molar-refractivity contribution in [3.8, 4) is 0 Å². The zero-order valence-corrected chi connectivity index (χ0v) is 12.1. The first-order valence-electron chi connectivity index (χ1n) is 6.58. The van der Waals surface area contributed by atoms with Crippen molar-refractivity contribution in [3.05, 3.63) is 59.4 Å². The van der Waals surface area contributed by atoms with Crippen LogP contribution in [0, 0.1) is 5.82 Å². The van der Waals surface area contributed by atoms with E-state index in [0.29, 0.717) is 17.8 Å². The average molecular weight is 287 g/mol. The van der Waals surface area contributed by atoms with Gasteiger partial charge in [0.2, 0.25) is 0 Å². The van der Waals surface area contributed by atoms with Gasteiger partial charge >= 0.3 is 0 Å². The van der Waals surface area contributed by atoms with E-state index in [9.17, 15) is 9.18 Å². The van der Waals surface area contributed by atoms with E-state index in [1.165, 1.54) is 12.1 Å². The predicted octanol–water partition coefficient (Wildman–Crippen LogP) is 2.40. The molecule has 0 bridgehead atoms. The Morgan fingerprint density at radius 1 is 1.29 bits per heavy atom. The van der Waals surface area contributed by atoms with Gasteiger partial charge in [0.15, 0.2) is 0 Å². The number of nitrogens with two attached hydrogens (primary N) is 1. The molecule has 1 amide bonds. The maximum absolute atomic E-state index is 13.2. The fourth-order valence-corrected chi connectivity index (χ4v) is 2.18. The molecule has 0 heterocycles. The lowest BCUT2D eigenvalue weighted by molar-refractivity contribution is 0.0963. The molecule has 0 saturated carbocycles. The van der Waals surface area contributed by atoms with E-state index in [-0.39, 0.29) is 11.7 Å². The molecule has 0 aliphatic rings. The Hall–Kier alpha value is -2.56. The average Bonchev–Trinajstić information content (AvgIpc) is 2.46. The molecule has 0 spiro atoms. The molecule has 0 radical (unpaired) electrons. The van der Waals surface area contributed by atoms with Gasteiger partial charge in [-0.1, -0.05) is 12.1 Å². The molecule has 2 rings (SSSR count). The highest BCUT2D eigenvalue weighted by atomic mass is 19.1. The van der Waals surface area contributed by atoms with E-state index in [0.717, 1.165) is 11.3 Å². The molecule has 21 heavy (non-hydrogen) atoms. The standard InChI is InChI=1S/C16H18FN3O/c1-19-16(21)12-6-7-15(14(18)9-12)20(2)10-11-4-3-5-13(17)8-11/h3-9H,10,18H2,1-2H3,(H,19,21). The fraction of sp³-hybridized carbons (Fsp3) is 0.188. The number of amides is 1. The molecular formula is C16H18FN3O. The minimum Gasteiger partial charge on any atom is -0.397 e. The van der Waals surface area contributed by atoms with Crippen LogP contribution in [0.1, 0.15) is 15.9 Å². The van der Waals surface area contributed by atoms with Crippen molar-refractivity contribution in [2.24, 2.45) is 0 Å². The van der Waals surface area contributed by atoms with Crippen molar-refractivity contribution >= 4 is 17.3 Å². The van der Waals surface area contributed by atoms with Crippen LogP contribution in [0.15, 0.2) is 42.5 Å². The van der Waals surface area contributed by atoms with Gasteiger partial charge in [-0.25, -0.2) is 4.39 Å².